The number of aliphatic hydroxyl groups is 1. The molecule has 1 aliphatic rings. The smallest absolute Gasteiger partial charge is 0.227 e. The van der Waals surface area contributed by atoms with Crippen LogP contribution in [0.15, 0.2) is 66.3 Å². The van der Waals surface area contributed by atoms with E-state index in [2.05, 4.69) is 54.9 Å². The van der Waals surface area contributed by atoms with Crippen molar-refractivity contribution in [2.45, 2.75) is 37.7 Å². The van der Waals surface area contributed by atoms with Crippen molar-refractivity contribution < 1.29 is 9.84 Å². The van der Waals surface area contributed by atoms with Gasteiger partial charge in [-0.3, -0.25) is 4.98 Å². The highest BCUT2D eigenvalue weighted by Crippen LogP contribution is 2.43. The number of nitrogens with zero attached hydrogens (tertiary/aromatic N) is 3. The van der Waals surface area contributed by atoms with Crippen LogP contribution in [0.25, 0.3) is 17.5 Å². The van der Waals surface area contributed by atoms with Crippen molar-refractivity contribution in [3.8, 4) is 23.0 Å². The highest BCUT2D eigenvalue weighted by molar-refractivity contribution is 7.98. The number of aliphatic hydroxyl groups excluding tert-OH is 1. The topological polar surface area (TPSA) is 68.1 Å². The van der Waals surface area contributed by atoms with Crippen molar-refractivity contribution in [1.29, 1.82) is 0 Å². The Labute approximate surface area is 203 Å². The number of hydrogen-bond acceptors (Lipinski definition) is 6. The fraction of sp³-hybridized carbons (Fsp3) is 0.179. The van der Waals surface area contributed by atoms with Crippen LogP contribution in [-0.4, -0.2) is 20.1 Å². The van der Waals surface area contributed by atoms with Gasteiger partial charge in [-0.2, -0.15) is 4.98 Å². The Balaban J connectivity index is 1.57. The largest absolute Gasteiger partial charge is 0.436 e. The predicted molar refractivity (Wildman–Crippen MR) is 136 cm³/mol. The summed E-state index contributed by atoms with van der Waals surface area (Å²) in [5, 5.41) is 10.8. The summed E-state index contributed by atoms with van der Waals surface area (Å²) in [5.74, 6) is 2.65. The first-order valence-corrected chi connectivity index (χ1v) is 12.1. The quantitative estimate of drug-likeness (QED) is 0.234. The molecule has 0 spiro atoms. The van der Waals surface area contributed by atoms with Gasteiger partial charge in [-0.1, -0.05) is 60.7 Å². The van der Waals surface area contributed by atoms with Crippen molar-refractivity contribution in [1.82, 2.24) is 15.0 Å². The minimum Gasteiger partial charge on any atom is -0.436 e. The Hall–Kier alpha value is -3.48. The molecule has 2 aromatic heterocycles. The van der Waals surface area contributed by atoms with E-state index in [9.17, 15) is 5.11 Å². The van der Waals surface area contributed by atoms with E-state index >= 15 is 0 Å². The molecule has 1 aliphatic heterocycles. The first-order chi connectivity index (χ1) is 16.6. The second-order valence-electron chi connectivity index (χ2n) is 8.35. The van der Waals surface area contributed by atoms with Crippen molar-refractivity contribution in [3.63, 3.8) is 0 Å². The van der Waals surface area contributed by atoms with Gasteiger partial charge in [-0.25, -0.2) is 4.98 Å². The van der Waals surface area contributed by atoms with Gasteiger partial charge in [-0.05, 0) is 31.0 Å². The van der Waals surface area contributed by atoms with Gasteiger partial charge in [0.05, 0.1) is 17.9 Å². The van der Waals surface area contributed by atoms with Crippen LogP contribution in [0.2, 0.25) is 0 Å². The van der Waals surface area contributed by atoms with Crippen molar-refractivity contribution in [2.75, 3.05) is 0 Å². The normalized spacial score (nSPS) is 12.0. The molecular weight excluding hydrogens is 442 g/mol. The van der Waals surface area contributed by atoms with Crippen molar-refractivity contribution in [3.05, 3.63) is 100 Å². The zero-order valence-corrected chi connectivity index (χ0v) is 20.0. The number of aryl methyl sites for hydroxylation is 2. The van der Waals surface area contributed by atoms with Gasteiger partial charge in [0, 0.05) is 35.1 Å². The Kier molecular flexibility index (Phi) is 6.18. The number of fused-ring (bicyclic) bond motifs is 2. The number of rotatable bonds is 6. The highest BCUT2D eigenvalue weighted by Gasteiger charge is 2.27. The molecule has 2 aromatic carbocycles. The summed E-state index contributed by atoms with van der Waals surface area (Å²) in [6.45, 7) is 7.71. The van der Waals surface area contributed by atoms with Crippen LogP contribution in [-0.2, 0) is 18.8 Å². The third-order valence-electron chi connectivity index (χ3n) is 5.93. The van der Waals surface area contributed by atoms with Gasteiger partial charge >= 0.3 is 0 Å². The lowest BCUT2D eigenvalue weighted by Crippen LogP contribution is -2.13. The Morgan fingerprint density at radius 1 is 1.09 bits per heavy atom. The molecule has 0 bridgehead atoms. The molecule has 0 atom stereocenters. The molecule has 5 nitrogen and oxygen atoms in total. The summed E-state index contributed by atoms with van der Waals surface area (Å²) in [4.78, 5) is 14.2. The van der Waals surface area contributed by atoms with Crippen molar-refractivity contribution >= 4 is 17.8 Å². The number of pyridine rings is 1. The summed E-state index contributed by atoms with van der Waals surface area (Å²) in [7, 11) is 0. The van der Waals surface area contributed by atoms with E-state index in [1.165, 1.54) is 5.56 Å². The molecular formula is C28H25N3O2S. The molecule has 0 fully saturated rings. The maximum absolute atomic E-state index is 9.88. The van der Waals surface area contributed by atoms with Gasteiger partial charge in [-0.15, -0.1) is 11.8 Å². The number of aromatic nitrogens is 3. The maximum atomic E-state index is 9.88. The Morgan fingerprint density at radius 3 is 2.65 bits per heavy atom. The maximum Gasteiger partial charge on any atom is 0.227 e. The summed E-state index contributed by atoms with van der Waals surface area (Å²) >= 11 is 1.67. The average Bonchev–Trinajstić information content (AvgIpc) is 2.87. The molecule has 0 aliphatic carbocycles. The van der Waals surface area contributed by atoms with Gasteiger partial charge in [0.25, 0.3) is 0 Å². The second kappa shape index (κ2) is 9.41. The van der Waals surface area contributed by atoms with Crippen LogP contribution < -0.4 is 4.74 Å². The zero-order chi connectivity index (χ0) is 23.7. The predicted octanol–water partition coefficient (Wildman–Crippen LogP) is 6.28. The van der Waals surface area contributed by atoms with Gasteiger partial charge in [0.15, 0.2) is 11.6 Å². The van der Waals surface area contributed by atoms with E-state index in [0.29, 0.717) is 23.9 Å². The van der Waals surface area contributed by atoms with Gasteiger partial charge < -0.3 is 9.84 Å². The fourth-order valence-electron chi connectivity index (χ4n) is 4.03. The third kappa shape index (κ3) is 4.34. The molecule has 0 unspecified atom stereocenters. The fourth-order valence-corrected chi connectivity index (χ4v) is 5.01. The minimum atomic E-state index is -0.0886. The van der Waals surface area contributed by atoms with Crippen molar-refractivity contribution in [2.24, 2.45) is 0 Å². The first-order valence-electron chi connectivity index (χ1n) is 11.1. The molecule has 4 aromatic rings. The van der Waals surface area contributed by atoms with E-state index in [-0.39, 0.29) is 6.61 Å². The summed E-state index contributed by atoms with van der Waals surface area (Å²) < 4.78 is 6.32. The van der Waals surface area contributed by atoms with Crippen LogP contribution in [0.1, 0.15) is 39.1 Å². The van der Waals surface area contributed by atoms with Crippen LogP contribution in [0.4, 0.5) is 0 Å². The third-order valence-corrected chi connectivity index (χ3v) is 7.01. The van der Waals surface area contributed by atoms with Crippen LogP contribution in [0, 0.1) is 13.8 Å². The lowest BCUT2D eigenvalue weighted by Gasteiger charge is -2.24. The summed E-state index contributed by atoms with van der Waals surface area (Å²) in [5.41, 5.74) is 7.84. The van der Waals surface area contributed by atoms with Crippen LogP contribution in [0.5, 0.6) is 11.6 Å². The first kappa shape index (κ1) is 22.3. The van der Waals surface area contributed by atoms with E-state index in [1.807, 2.05) is 25.1 Å². The number of thioether (sulfide) groups is 1. The molecule has 34 heavy (non-hydrogen) atoms. The summed E-state index contributed by atoms with van der Waals surface area (Å²) in [6, 6.07) is 16.5. The Bertz CT molecular complexity index is 1380. The van der Waals surface area contributed by atoms with Crippen LogP contribution in [0.3, 0.4) is 0 Å². The molecule has 0 amide bonds. The molecule has 170 valence electrons. The van der Waals surface area contributed by atoms with E-state index in [4.69, 9.17) is 14.7 Å². The second-order valence-corrected chi connectivity index (χ2v) is 9.32. The summed E-state index contributed by atoms with van der Waals surface area (Å²) in [6.07, 6.45) is 4.16. The number of benzene rings is 2. The molecule has 6 heteroatoms. The molecule has 3 heterocycles. The van der Waals surface area contributed by atoms with E-state index in [1.54, 1.807) is 18.0 Å². The average molecular weight is 468 g/mol. The lowest BCUT2D eigenvalue weighted by atomic mass is 9.99. The molecule has 0 saturated heterocycles. The van der Waals surface area contributed by atoms with E-state index < -0.39 is 0 Å². The van der Waals surface area contributed by atoms with Gasteiger partial charge in [0.2, 0.25) is 5.88 Å². The van der Waals surface area contributed by atoms with Crippen LogP contribution >= 0.6 is 11.8 Å². The molecule has 5 rings (SSSR count). The lowest BCUT2D eigenvalue weighted by molar-refractivity contribution is 0.278. The number of hydrogen-bond donors (Lipinski definition) is 1. The Morgan fingerprint density at radius 2 is 1.91 bits per heavy atom. The zero-order valence-electron chi connectivity index (χ0n) is 19.2. The van der Waals surface area contributed by atoms with Gasteiger partial charge in [0.1, 0.15) is 5.03 Å². The molecule has 0 saturated carbocycles. The minimum absolute atomic E-state index is 0.0886. The number of ether oxygens (including phenoxy) is 1. The highest BCUT2D eigenvalue weighted by atomic mass is 32.2. The SMILES string of the molecule is C=Cc1ccc(CSc2nc(-c3cccc(C)c3)nc3c2Cc2c(CO)cnc(C)c2O3)cc1. The molecule has 1 N–H and O–H groups in total. The standard InChI is InChI=1S/C28H25N3O2S/c1-4-19-8-10-20(11-9-19)16-34-28-24-13-23-22(15-32)14-29-18(3)25(23)33-27(24)30-26(31-28)21-7-5-6-17(2)12-21/h4-12,14,32H,1,13,15-16H2,2-3H3. The van der Waals surface area contributed by atoms with E-state index in [0.717, 1.165) is 49.9 Å². The monoisotopic (exact) mass is 467 g/mol. The molecule has 0 radical (unpaired) electrons.